The van der Waals surface area contributed by atoms with E-state index in [0.29, 0.717) is 11.1 Å². The summed E-state index contributed by atoms with van der Waals surface area (Å²) in [4.78, 5) is 27.5. The Morgan fingerprint density at radius 2 is 1.58 bits per heavy atom. The fourth-order valence-electron chi connectivity index (χ4n) is 2.81. The van der Waals surface area contributed by atoms with E-state index in [2.05, 4.69) is 15.8 Å². The van der Waals surface area contributed by atoms with Gasteiger partial charge in [0, 0.05) is 19.8 Å². The van der Waals surface area contributed by atoms with Crippen LogP contribution in [0.1, 0.15) is 21.5 Å². The highest BCUT2D eigenvalue weighted by atomic mass is 35.5. The number of amides is 2. The fraction of sp³-hybridized carbons (Fsp3) is 0.0800. The number of halogens is 1. The lowest BCUT2D eigenvalue weighted by atomic mass is 10.1. The third kappa shape index (κ3) is 6.69. The number of hydrogen-bond acceptors (Lipinski definition) is 5. The van der Waals surface area contributed by atoms with Gasteiger partial charge in [0.15, 0.2) is 0 Å². The van der Waals surface area contributed by atoms with E-state index in [4.69, 9.17) is 11.6 Å². The zero-order valence-corrected chi connectivity index (χ0v) is 18.9. The molecule has 0 aliphatic rings. The van der Waals surface area contributed by atoms with Crippen molar-refractivity contribution in [2.75, 3.05) is 19.0 Å². The molecule has 0 unspecified atom stereocenters. The first-order chi connectivity index (χ1) is 15.8. The number of benzene rings is 3. The fourth-order valence-corrected chi connectivity index (χ4v) is 3.04. The van der Waals surface area contributed by atoms with Crippen LogP contribution in [0.4, 0.5) is 5.69 Å². The van der Waals surface area contributed by atoms with Crippen LogP contribution in [0.3, 0.4) is 0 Å². The zero-order chi connectivity index (χ0) is 23.8. The first kappa shape index (κ1) is 23.6. The Hall–Kier alpha value is -4.10. The maximum atomic E-state index is 12.8. The molecule has 3 N–H and O–H groups in total. The second-order valence-corrected chi connectivity index (χ2v) is 7.68. The normalized spacial score (nSPS) is 11.3. The molecular formula is C25H23ClN4O3. The minimum atomic E-state index is -0.609. The van der Waals surface area contributed by atoms with E-state index in [1.54, 1.807) is 42.5 Å². The van der Waals surface area contributed by atoms with Crippen LogP contribution in [-0.4, -0.2) is 37.2 Å². The van der Waals surface area contributed by atoms with Gasteiger partial charge in [-0.3, -0.25) is 9.59 Å². The van der Waals surface area contributed by atoms with Crippen LogP contribution in [0.15, 0.2) is 83.6 Å². The van der Waals surface area contributed by atoms with Crippen LogP contribution >= 0.6 is 11.6 Å². The molecule has 0 aromatic heterocycles. The van der Waals surface area contributed by atoms with Crippen LogP contribution in [0.25, 0.3) is 6.08 Å². The first-order valence-corrected chi connectivity index (χ1v) is 10.4. The summed E-state index contributed by atoms with van der Waals surface area (Å²) in [6, 6.07) is 20.4. The van der Waals surface area contributed by atoms with Gasteiger partial charge in [0.2, 0.25) is 0 Å². The van der Waals surface area contributed by atoms with Crippen molar-refractivity contribution in [1.29, 1.82) is 0 Å². The number of nitrogens with one attached hydrogen (secondary N) is 2. The van der Waals surface area contributed by atoms with Gasteiger partial charge in [-0.1, -0.05) is 35.9 Å². The Kier molecular flexibility index (Phi) is 7.83. The Labute approximate surface area is 197 Å². The maximum Gasteiger partial charge on any atom is 0.287 e. The molecule has 168 valence electrons. The van der Waals surface area contributed by atoms with Gasteiger partial charge in [-0.15, -0.1) is 0 Å². The third-order valence-electron chi connectivity index (χ3n) is 4.60. The van der Waals surface area contributed by atoms with Gasteiger partial charge in [-0.2, -0.15) is 5.10 Å². The molecule has 0 atom stereocenters. The highest BCUT2D eigenvalue weighted by Gasteiger charge is 2.16. The molecular weight excluding hydrogens is 440 g/mol. The molecule has 0 heterocycles. The molecule has 3 rings (SSSR count). The van der Waals surface area contributed by atoms with Gasteiger partial charge in [0.05, 0.1) is 16.8 Å². The van der Waals surface area contributed by atoms with Crippen LogP contribution in [-0.2, 0) is 4.79 Å². The summed E-state index contributed by atoms with van der Waals surface area (Å²) in [5.41, 5.74) is 5.05. The number of rotatable bonds is 7. The molecule has 0 fully saturated rings. The number of phenols is 1. The van der Waals surface area contributed by atoms with Gasteiger partial charge in [-0.25, -0.2) is 5.43 Å². The number of phenolic OH excluding ortho intramolecular Hbond substituents is 1. The van der Waals surface area contributed by atoms with Crippen LogP contribution in [0.5, 0.6) is 5.75 Å². The number of hydrogen-bond donors (Lipinski definition) is 3. The van der Waals surface area contributed by atoms with Crippen LogP contribution < -0.4 is 15.6 Å². The van der Waals surface area contributed by atoms with Gasteiger partial charge >= 0.3 is 0 Å². The lowest BCUT2D eigenvalue weighted by Crippen LogP contribution is -2.33. The second-order valence-electron chi connectivity index (χ2n) is 7.27. The number of hydrazone groups is 1. The molecule has 3 aromatic rings. The third-order valence-corrected chi connectivity index (χ3v) is 4.93. The van der Waals surface area contributed by atoms with E-state index in [-0.39, 0.29) is 22.0 Å². The van der Waals surface area contributed by atoms with Gasteiger partial charge in [-0.05, 0) is 65.7 Å². The average Bonchev–Trinajstić information content (AvgIpc) is 2.80. The highest BCUT2D eigenvalue weighted by molar-refractivity contribution is 6.34. The summed E-state index contributed by atoms with van der Waals surface area (Å²) in [5, 5.41) is 16.2. The monoisotopic (exact) mass is 462 g/mol. The van der Waals surface area contributed by atoms with Crippen LogP contribution in [0, 0.1) is 0 Å². The molecule has 0 spiro atoms. The SMILES string of the molecule is CN(C)c1ccc(/C=C(\NC(=O)c2ccccc2Cl)C(=O)N/N=C\c2ccc(O)cc2)cc1. The smallest absolute Gasteiger partial charge is 0.287 e. The van der Waals surface area contributed by atoms with Crippen molar-refractivity contribution in [3.05, 3.63) is 100 Å². The molecule has 0 radical (unpaired) electrons. The van der Waals surface area contributed by atoms with Crippen molar-refractivity contribution in [1.82, 2.24) is 10.7 Å². The van der Waals surface area contributed by atoms with Crippen LogP contribution in [0.2, 0.25) is 5.02 Å². The number of anilines is 1. The Morgan fingerprint density at radius 3 is 2.21 bits per heavy atom. The molecule has 7 nitrogen and oxygen atoms in total. The molecule has 0 saturated heterocycles. The number of aromatic hydroxyl groups is 1. The highest BCUT2D eigenvalue weighted by Crippen LogP contribution is 2.17. The molecule has 8 heteroatoms. The van der Waals surface area contributed by atoms with Gasteiger partial charge in [0.25, 0.3) is 11.8 Å². The Balaban J connectivity index is 1.83. The Bertz CT molecular complexity index is 1190. The van der Waals surface area contributed by atoms with Crippen molar-refractivity contribution in [2.24, 2.45) is 5.10 Å². The lowest BCUT2D eigenvalue weighted by Gasteiger charge is -2.13. The quantitative estimate of drug-likeness (QED) is 0.280. The van der Waals surface area contributed by atoms with Gasteiger partial charge in [0.1, 0.15) is 11.4 Å². The number of nitrogens with zero attached hydrogens (tertiary/aromatic N) is 2. The minimum absolute atomic E-state index is 0.000351. The van der Waals surface area contributed by atoms with Crippen molar-refractivity contribution in [2.45, 2.75) is 0 Å². The largest absolute Gasteiger partial charge is 0.508 e. The molecule has 0 bridgehead atoms. The van der Waals surface area contributed by atoms with E-state index in [9.17, 15) is 14.7 Å². The minimum Gasteiger partial charge on any atom is -0.508 e. The van der Waals surface area contributed by atoms with E-state index in [1.165, 1.54) is 18.3 Å². The summed E-state index contributed by atoms with van der Waals surface area (Å²) in [7, 11) is 3.86. The molecule has 3 aromatic carbocycles. The summed E-state index contributed by atoms with van der Waals surface area (Å²) < 4.78 is 0. The predicted octanol–water partition coefficient (Wildman–Crippen LogP) is 4.03. The number of carbonyl (C=O) groups is 2. The second kappa shape index (κ2) is 11.0. The van der Waals surface area contributed by atoms with E-state index in [0.717, 1.165) is 5.69 Å². The summed E-state index contributed by atoms with van der Waals surface area (Å²) in [6.45, 7) is 0. The zero-order valence-electron chi connectivity index (χ0n) is 18.1. The number of carbonyl (C=O) groups excluding carboxylic acids is 2. The molecule has 0 aliphatic heterocycles. The average molecular weight is 463 g/mol. The van der Waals surface area contributed by atoms with Crippen molar-refractivity contribution in [3.8, 4) is 5.75 Å². The summed E-state index contributed by atoms with van der Waals surface area (Å²) in [6.07, 6.45) is 2.98. The summed E-state index contributed by atoms with van der Waals surface area (Å²) >= 11 is 6.13. The molecule has 0 saturated carbocycles. The van der Waals surface area contributed by atoms with E-state index >= 15 is 0 Å². The van der Waals surface area contributed by atoms with E-state index in [1.807, 2.05) is 43.3 Å². The molecule has 33 heavy (non-hydrogen) atoms. The van der Waals surface area contributed by atoms with Crippen molar-refractivity contribution >= 4 is 41.4 Å². The van der Waals surface area contributed by atoms with Crippen molar-refractivity contribution in [3.63, 3.8) is 0 Å². The molecule has 2 amide bonds. The molecule has 0 aliphatic carbocycles. The predicted molar refractivity (Wildman–Crippen MR) is 132 cm³/mol. The summed E-state index contributed by atoms with van der Waals surface area (Å²) in [5.74, 6) is -1.000. The van der Waals surface area contributed by atoms with Crippen molar-refractivity contribution < 1.29 is 14.7 Å². The standard InChI is InChI=1S/C25H23ClN4O3/c1-30(2)19-11-7-17(8-12-19)15-23(28-24(32)21-5-3-4-6-22(21)26)25(33)29-27-16-18-9-13-20(31)14-10-18/h3-16,31H,1-2H3,(H,28,32)(H,29,33)/b23-15-,27-16-. The topological polar surface area (TPSA) is 94.0 Å². The van der Waals surface area contributed by atoms with E-state index < -0.39 is 11.8 Å². The first-order valence-electron chi connectivity index (χ1n) is 10.0. The maximum absolute atomic E-state index is 12.8. The van der Waals surface area contributed by atoms with Gasteiger partial charge < -0.3 is 15.3 Å². The lowest BCUT2D eigenvalue weighted by molar-refractivity contribution is -0.117. The Morgan fingerprint density at radius 1 is 0.939 bits per heavy atom.